The zero-order chi connectivity index (χ0) is 19.5. The van der Waals surface area contributed by atoms with Gasteiger partial charge in [0.2, 0.25) is 0 Å². The van der Waals surface area contributed by atoms with Crippen molar-refractivity contribution in [2.24, 2.45) is 0 Å². The van der Waals surface area contributed by atoms with E-state index in [-0.39, 0.29) is 16.3 Å². The van der Waals surface area contributed by atoms with Crippen molar-refractivity contribution >= 4 is 44.9 Å². The number of methoxy groups -OCH3 is 1. The van der Waals surface area contributed by atoms with Gasteiger partial charge in [-0.3, -0.25) is 9.10 Å². The highest BCUT2D eigenvalue weighted by molar-refractivity contribution is 7.92. The number of carbonyl (C=O) groups is 1. The molecule has 0 N–H and O–H groups in total. The molecule has 0 radical (unpaired) electrons. The third kappa shape index (κ3) is 4.50. The summed E-state index contributed by atoms with van der Waals surface area (Å²) in [6.45, 7) is 3.50. The molecule has 0 saturated carbocycles. The maximum absolute atomic E-state index is 13.2. The van der Waals surface area contributed by atoms with Crippen LogP contribution in [-0.4, -0.2) is 27.5 Å². The smallest absolute Gasteiger partial charge is 0.307 e. The number of carbonyl (C=O) groups excluding carboxylic acids is 1. The van der Waals surface area contributed by atoms with Crippen molar-refractivity contribution in [1.82, 2.24) is 0 Å². The number of aryl methyl sites for hydroxylation is 1. The van der Waals surface area contributed by atoms with E-state index in [1.54, 1.807) is 25.1 Å². The fraction of sp³-hybridized carbons (Fsp3) is 0.278. The van der Waals surface area contributed by atoms with Gasteiger partial charge in [0, 0.05) is 0 Å². The van der Waals surface area contributed by atoms with Crippen molar-refractivity contribution in [2.75, 3.05) is 11.4 Å². The molecule has 0 aromatic heterocycles. The van der Waals surface area contributed by atoms with Gasteiger partial charge in [-0.05, 0) is 44.2 Å². The van der Waals surface area contributed by atoms with Gasteiger partial charge in [0.15, 0.2) is 0 Å². The summed E-state index contributed by atoms with van der Waals surface area (Å²) in [6.07, 6.45) is -0.109. The Morgan fingerprint density at radius 1 is 1.12 bits per heavy atom. The summed E-state index contributed by atoms with van der Waals surface area (Å²) < 4.78 is 32.3. The van der Waals surface area contributed by atoms with Crippen LogP contribution in [0.5, 0.6) is 0 Å². The van der Waals surface area contributed by atoms with Crippen LogP contribution in [0.4, 0.5) is 5.69 Å². The highest BCUT2D eigenvalue weighted by Crippen LogP contribution is 2.32. The summed E-state index contributed by atoms with van der Waals surface area (Å²) in [6, 6.07) is 10.3. The monoisotopic (exact) mass is 415 g/mol. The topological polar surface area (TPSA) is 63.7 Å². The molecule has 0 spiro atoms. The van der Waals surface area contributed by atoms with Gasteiger partial charge >= 0.3 is 5.97 Å². The minimum atomic E-state index is -3.93. The van der Waals surface area contributed by atoms with E-state index < -0.39 is 22.0 Å². The van der Waals surface area contributed by atoms with Crippen LogP contribution in [0.25, 0.3) is 0 Å². The minimum absolute atomic E-state index is 0.109. The first kappa shape index (κ1) is 20.6. The first-order chi connectivity index (χ1) is 12.2. The zero-order valence-corrected chi connectivity index (χ0v) is 16.9. The number of hydrogen-bond donors (Lipinski definition) is 0. The van der Waals surface area contributed by atoms with E-state index in [4.69, 9.17) is 23.2 Å². The molecule has 0 amide bonds. The Morgan fingerprint density at radius 2 is 1.73 bits per heavy atom. The second-order valence-electron chi connectivity index (χ2n) is 5.84. The zero-order valence-electron chi connectivity index (χ0n) is 14.6. The van der Waals surface area contributed by atoms with Crippen LogP contribution in [-0.2, 0) is 19.6 Å². The summed E-state index contributed by atoms with van der Waals surface area (Å²) in [7, 11) is -2.67. The van der Waals surface area contributed by atoms with E-state index in [0.29, 0.717) is 10.7 Å². The quantitative estimate of drug-likeness (QED) is 0.653. The Morgan fingerprint density at radius 3 is 2.27 bits per heavy atom. The van der Waals surface area contributed by atoms with Gasteiger partial charge in [-0.1, -0.05) is 40.9 Å². The van der Waals surface area contributed by atoms with Crippen LogP contribution < -0.4 is 4.31 Å². The van der Waals surface area contributed by atoms with Crippen molar-refractivity contribution in [3.8, 4) is 0 Å². The number of esters is 1. The predicted octanol–water partition coefficient (Wildman–Crippen LogP) is 4.45. The van der Waals surface area contributed by atoms with E-state index in [1.165, 1.54) is 31.4 Å². The molecule has 0 aliphatic carbocycles. The third-order valence-corrected chi connectivity index (χ3v) is 6.52. The van der Waals surface area contributed by atoms with E-state index in [1.807, 2.05) is 6.92 Å². The fourth-order valence-corrected chi connectivity index (χ4v) is 4.42. The van der Waals surface area contributed by atoms with Crippen molar-refractivity contribution in [1.29, 1.82) is 0 Å². The molecule has 0 aliphatic rings. The number of halogens is 2. The fourth-order valence-electron chi connectivity index (χ4n) is 2.48. The Balaban J connectivity index is 2.56. The maximum Gasteiger partial charge on any atom is 0.307 e. The number of ether oxygens (including phenoxy) is 1. The first-order valence-electron chi connectivity index (χ1n) is 7.79. The van der Waals surface area contributed by atoms with Gasteiger partial charge in [0.05, 0.1) is 40.2 Å². The first-order valence-corrected chi connectivity index (χ1v) is 9.99. The molecule has 8 heteroatoms. The van der Waals surface area contributed by atoms with Crippen LogP contribution in [0.2, 0.25) is 10.0 Å². The Bertz CT molecular complexity index is 898. The van der Waals surface area contributed by atoms with Crippen LogP contribution in [0.1, 0.15) is 18.9 Å². The molecule has 140 valence electrons. The number of anilines is 1. The molecular formula is C18H19Cl2NO4S. The third-order valence-electron chi connectivity index (χ3n) is 3.83. The summed E-state index contributed by atoms with van der Waals surface area (Å²) >= 11 is 12.0. The summed E-state index contributed by atoms with van der Waals surface area (Å²) in [5, 5.41) is 0.530. The molecule has 0 heterocycles. The standard InChI is InChI=1S/C18H19Cl2NO4S/c1-12-4-7-15(8-5-12)26(23,24)21(13(2)10-18(22)25-3)14-6-9-16(19)17(20)11-14/h4-9,11,13H,10H2,1-3H3/t13-/m1/s1. The SMILES string of the molecule is COC(=O)C[C@@H](C)N(c1ccc(Cl)c(Cl)c1)S(=O)(=O)c1ccc(C)cc1. The lowest BCUT2D eigenvalue weighted by Crippen LogP contribution is -2.40. The normalized spacial score (nSPS) is 12.5. The average molecular weight is 416 g/mol. The lowest BCUT2D eigenvalue weighted by molar-refractivity contribution is -0.140. The molecule has 0 fully saturated rings. The number of sulfonamides is 1. The Hall–Kier alpha value is -1.76. The van der Waals surface area contributed by atoms with Crippen LogP contribution in [0.3, 0.4) is 0 Å². The summed E-state index contributed by atoms with van der Waals surface area (Å²) in [5.74, 6) is -0.512. The van der Waals surface area contributed by atoms with Crippen molar-refractivity contribution in [3.05, 3.63) is 58.1 Å². The van der Waals surface area contributed by atoms with Gasteiger partial charge in [0.1, 0.15) is 0 Å². The van der Waals surface area contributed by atoms with E-state index in [2.05, 4.69) is 4.74 Å². The van der Waals surface area contributed by atoms with Gasteiger partial charge in [-0.2, -0.15) is 0 Å². The minimum Gasteiger partial charge on any atom is -0.469 e. The average Bonchev–Trinajstić information content (AvgIpc) is 2.58. The number of hydrogen-bond acceptors (Lipinski definition) is 4. The highest BCUT2D eigenvalue weighted by Gasteiger charge is 2.31. The van der Waals surface area contributed by atoms with Crippen LogP contribution in [0, 0.1) is 6.92 Å². The molecular weight excluding hydrogens is 397 g/mol. The van der Waals surface area contributed by atoms with E-state index >= 15 is 0 Å². The van der Waals surface area contributed by atoms with Crippen molar-refractivity contribution in [2.45, 2.75) is 31.2 Å². The molecule has 0 unspecified atom stereocenters. The molecule has 26 heavy (non-hydrogen) atoms. The highest BCUT2D eigenvalue weighted by atomic mass is 35.5. The molecule has 2 aromatic rings. The summed E-state index contributed by atoms with van der Waals surface area (Å²) in [5.41, 5.74) is 1.25. The van der Waals surface area contributed by atoms with Gasteiger partial charge in [0.25, 0.3) is 10.0 Å². The lowest BCUT2D eigenvalue weighted by atomic mass is 10.2. The number of nitrogens with zero attached hydrogens (tertiary/aromatic N) is 1. The van der Waals surface area contributed by atoms with Gasteiger partial charge in [-0.25, -0.2) is 8.42 Å². The van der Waals surface area contributed by atoms with Crippen molar-refractivity contribution in [3.63, 3.8) is 0 Å². The molecule has 0 aliphatic heterocycles. The molecule has 1 atom stereocenters. The van der Waals surface area contributed by atoms with Gasteiger partial charge < -0.3 is 4.74 Å². The molecule has 2 aromatic carbocycles. The largest absolute Gasteiger partial charge is 0.469 e. The summed E-state index contributed by atoms with van der Waals surface area (Å²) in [4.78, 5) is 11.8. The van der Waals surface area contributed by atoms with Crippen LogP contribution in [0.15, 0.2) is 47.4 Å². The van der Waals surface area contributed by atoms with Crippen molar-refractivity contribution < 1.29 is 17.9 Å². The predicted molar refractivity (Wildman–Crippen MR) is 103 cm³/mol. The maximum atomic E-state index is 13.2. The van der Waals surface area contributed by atoms with E-state index in [9.17, 15) is 13.2 Å². The Kier molecular flexibility index (Phi) is 6.55. The lowest BCUT2D eigenvalue weighted by Gasteiger charge is -2.30. The second kappa shape index (κ2) is 8.29. The number of benzene rings is 2. The molecule has 0 saturated heterocycles. The second-order valence-corrected chi connectivity index (χ2v) is 8.47. The molecule has 5 nitrogen and oxygen atoms in total. The molecule has 0 bridgehead atoms. The molecule has 2 rings (SSSR count). The number of rotatable bonds is 6. The van der Waals surface area contributed by atoms with Crippen LogP contribution >= 0.6 is 23.2 Å². The van der Waals surface area contributed by atoms with E-state index in [0.717, 1.165) is 9.87 Å². The van der Waals surface area contributed by atoms with Gasteiger partial charge in [-0.15, -0.1) is 0 Å². The Labute approximate surface area is 163 Å².